The first-order chi connectivity index (χ1) is 7.24. The Balaban J connectivity index is 2.04. The van der Waals surface area contributed by atoms with Gasteiger partial charge in [-0.25, -0.2) is 4.79 Å². The molecule has 0 aromatic rings. The largest absolute Gasteiger partial charge is 0.450 e. The van der Waals surface area contributed by atoms with E-state index in [-0.39, 0.29) is 18.1 Å². The molecule has 15 heavy (non-hydrogen) atoms. The van der Waals surface area contributed by atoms with Gasteiger partial charge >= 0.3 is 6.09 Å². The van der Waals surface area contributed by atoms with Crippen LogP contribution >= 0.6 is 0 Å². The van der Waals surface area contributed by atoms with E-state index in [9.17, 15) is 9.59 Å². The van der Waals surface area contributed by atoms with Crippen molar-refractivity contribution in [1.29, 1.82) is 0 Å². The number of hydrogen-bond donors (Lipinski definition) is 0. The van der Waals surface area contributed by atoms with E-state index in [1.807, 2.05) is 0 Å². The third-order valence-electron chi connectivity index (χ3n) is 3.38. The highest BCUT2D eigenvalue weighted by atomic mass is 16.6. The molecular weight excluding hydrogens is 194 g/mol. The molecule has 1 saturated heterocycles. The summed E-state index contributed by atoms with van der Waals surface area (Å²) in [5, 5.41) is 0. The van der Waals surface area contributed by atoms with Crippen molar-refractivity contribution in [3.8, 4) is 0 Å². The van der Waals surface area contributed by atoms with Crippen molar-refractivity contribution in [1.82, 2.24) is 4.90 Å². The van der Waals surface area contributed by atoms with E-state index in [1.54, 1.807) is 11.8 Å². The highest BCUT2D eigenvalue weighted by Crippen LogP contribution is 2.34. The second-order valence-electron chi connectivity index (χ2n) is 4.21. The number of Topliss-reactive ketones (excluding diaryl/α,β-unsaturated/α-hetero) is 1. The van der Waals surface area contributed by atoms with Crippen LogP contribution in [-0.2, 0) is 9.53 Å². The summed E-state index contributed by atoms with van der Waals surface area (Å²) in [6, 6.07) is 0.116. The van der Waals surface area contributed by atoms with Crippen LogP contribution in [-0.4, -0.2) is 36.0 Å². The van der Waals surface area contributed by atoms with E-state index in [0.29, 0.717) is 25.4 Å². The fourth-order valence-electron chi connectivity index (χ4n) is 2.69. The van der Waals surface area contributed by atoms with Crippen LogP contribution in [0.5, 0.6) is 0 Å². The molecule has 0 aromatic heterocycles. The fourth-order valence-corrected chi connectivity index (χ4v) is 2.69. The number of rotatable bonds is 1. The fraction of sp³-hybridized carbons (Fsp3) is 0.818. The molecule has 1 amide bonds. The summed E-state index contributed by atoms with van der Waals surface area (Å²) in [7, 11) is 0. The highest BCUT2D eigenvalue weighted by Gasteiger charge is 2.42. The number of carbonyl (C=O) groups excluding carboxylic acids is 2. The molecule has 0 bridgehead atoms. The van der Waals surface area contributed by atoms with Gasteiger partial charge in [-0.15, -0.1) is 0 Å². The molecule has 0 radical (unpaired) electrons. The van der Waals surface area contributed by atoms with Gasteiger partial charge in [-0.2, -0.15) is 0 Å². The van der Waals surface area contributed by atoms with Crippen molar-refractivity contribution in [3.63, 3.8) is 0 Å². The van der Waals surface area contributed by atoms with Crippen LogP contribution in [0.25, 0.3) is 0 Å². The second-order valence-corrected chi connectivity index (χ2v) is 4.21. The molecule has 0 aromatic carbocycles. The molecule has 1 aliphatic carbocycles. The number of ether oxygens (including phenoxy) is 1. The first-order valence-corrected chi connectivity index (χ1v) is 5.70. The number of amides is 1. The molecule has 4 nitrogen and oxygen atoms in total. The number of likely N-dealkylation sites (tertiary alicyclic amines) is 1. The predicted molar refractivity (Wildman–Crippen MR) is 54.5 cm³/mol. The predicted octanol–water partition coefficient (Wildman–Crippen LogP) is 1.59. The van der Waals surface area contributed by atoms with Gasteiger partial charge < -0.3 is 9.64 Å². The van der Waals surface area contributed by atoms with E-state index in [1.165, 1.54) is 0 Å². The zero-order valence-corrected chi connectivity index (χ0v) is 9.07. The van der Waals surface area contributed by atoms with Crippen molar-refractivity contribution in [2.75, 3.05) is 13.2 Å². The van der Waals surface area contributed by atoms with Gasteiger partial charge in [0.15, 0.2) is 0 Å². The zero-order chi connectivity index (χ0) is 10.8. The van der Waals surface area contributed by atoms with Gasteiger partial charge in [0.2, 0.25) is 0 Å². The Bertz CT molecular complexity index is 277. The SMILES string of the molecule is CCOC(=O)N1CCC2C(=O)CCCC21. The Morgan fingerprint density at radius 3 is 3.07 bits per heavy atom. The standard InChI is InChI=1S/C11H17NO3/c1-2-15-11(14)12-7-6-8-9(12)4-3-5-10(8)13/h8-9H,2-7H2,1H3. The smallest absolute Gasteiger partial charge is 0.410 e. The maximum absolute atomic E-state index is 11.6. The maximum atomic E-state index is 11.6. The van der Waals surface area contributed by atoms with Crippen LogP contribution in [0.4, 0.5) is 4.79 Å². The summed E-state index contributed by atoms with van der Waals surface area (Å²) in [6.07, 6.45) is 3.13. The summed E-state index contributed by atoms with van der Waals surface area (Å²) < 4.78 is 4.99. The number of hydrogen-bond acceptors (Lipinski definition) is 3. The van der Waals surface area contributed by atoms with Crippen LogP contribution in [0.3, 0.4) is 0 Å². The molecule has 2 atom stereocenters. The van der Waals surface area contributed by atoms with Crippen molar-refractivity contribution < 1.29 is 14.3 Å². The minimum Gasteiger partial charge on any atom is -0.450 e. The van der Waals surface area contributed by atoms with Crippen LogP contribution in [0.15, 0.2) is 0 Å². The number of ketones is 1. The lowest BCUT2D eigenvalue weighted by molar-refractivity contribution is -0.125. The maximum Gasteiger partial charge on any atom is 0.410 e. The lowest BCUT2D eigenvalue weighted by Crippen LogP contribution is -2.42. The second kappa shape index (κ2) is 4.21. The average Bonchev–Trinajstić information content (AvgIpc) is 2.63. The van der Waals surface area contributed by atoms with E-state index in [2.05, 4.69) is 0 Å². The molecule has 2 unspecified atom stereocenters. The molecule has 2 aliphatic rings. The first-order valence-electron chi connectivity index (χ1n) is 5.70. The Labute approximate surface area is 89.6 Å². The molecular formula is C11H17NO3. The van der Waals surface area contributed by atoms with Gasteiger partial charge in [0, 0.05) is 24.9 Å². The van der Waals surface area contributed by atoms with Crippen molar-refractivity contribution in [2.45, 2.75) is 38.6 Å². The van der Waals surface area contributed by atoms with E-state index >= 15 is 0 Å². The Morgan fingerprint density at radius 2 is 2.33 bits per heavy atom. The van der Waals surface area contributed by atoms with Gasteiger partial charge in [0.05, 0.1) is 6.61 Å². The van der Waals surface area contributed by atoms with Gasteiger partial charge in [-0.3, -0.25) is 4.79 Å². The van der Waals surface area contributed by atoms with Gasteiger partial charge in [0.25, 0.3) is 0 Å². The Hall–Kier alpha value is -1.06. The first kappa shape index (κ1) is 10.5. The third kappa shape index (κ3) is 1.85. The van der Waals surface area contributed by atoms with Crippen LogP contribution in [0.2, 0.25) is 0 Å². The molecule has 84 valence electrons. The summed E-state index contributed by atoms with van der Waals surface area (Å²) in [6.45, 7) is 2.89. The number of carbonyl (C=O) groups is 2. The van der Waals surface area contributed by atoms with Crippen molar-refractivity contribution in [2.24, 2.45) is 5.92 Å². The minimum absolute atomic E-state index is 0.0863. The van der Waals surface area contributed by atoms with Gasteiger partial charge in [-0.05, 0) is 26.2 Å². The summed E-state index contributed by atoms with van der Waals surface area (Å²) in [5.74, 6) is 0.418. The van der Waals surface area contributed by atoms with Gasteiger partial charge in [0.1, 0.15) is 5.78 Å². The van der Waals surface area contributed by atoms with Crippen molar-refractivity contribution in [3.05, 3.63) is 0 Å². The summed E-state index contributed by atoms with van der Waals surface area (Å²) in [5.41, 5.74) is 0. The van der Waals surface area contributed by atoms with E-state index in [4.69, 9.17) is 4.74 Å². The lowest BCUT2D eigenvalue weighted by Gasteiger charge is -2.29. The average molecular weight is 211 g/mol. The number of nitrogens with zero attached hydrogens (tertiary/aromatic N) is 1. The van der Waals surface area contributed by atoms with E-state index in [0.717, 1.165) is 19.3 Å². The Kier molecular flexibility index (Phi) is 2.93. The summed E-state index contributed by atoms with van der Waals surface area (Å²) >= 11 is 0. The Morgan fingerprint density at radius 1 is 1.53 bits per heavy atom. The van der Waals surface area contributed by atoms with Gasteiger partial charge in [-0.1, -0.05) is 0 Å². The molecule has 0 N–H and O–H groups in total. The highest BCUT2D eigenvalue weighted by molar-refractivity contribution is 5.84. The molecule has 2 fully saturated rings. The minimum atomic E-state index is -0.250. The van der Waals surface area contributed by atoms with Crippen LogP contribution in [0.1, 0.15) is 32.6 Å². The normalized spacial score (nSPS) is 30.2. The molecule has 0 spiro atoms. The molecule has 1 heterocycles. The molecule has 1 saturated carbocycles. The number of fused-ring (bicyclic) bond motifs is 1. The van der Waals surface area contributed by atoms with Crippen LogP contribution in [0, 0.1) is 5.92 Å². The topological polar surface area (TPSA) is 46.6 Å². The van der Waals surface area contributed by atoms with Crippen molar-refractivity contribution >= 4 is 11.9 Å². The molecule has 2 rings (SSSR count). The molecule has 1 aliphatic heterocycles. The molecule has 4 heteroatoms. The third-order valence-corrected chi connectivity index (χ3v) is 3.38. The zero-order valence-electron chi connectivity index (χ0n) is 9.07. The monoisotopic (exact) mass is 211 g/mol. The van der Waals surface area contributed by atoms with E-state index < -0.39 is 0 Å². The van der Waals surface area contributed by atoms with Crippen LogP contribution < -0.4 is 0 Å². The summed E-state index contributed by atoms with van der Waals surface area (Å²) in [4.78, 5) is 25.0. The quantitative estimate of drug-likeness (QED) is 0.661. The lowest BCUT2D eigenvalue weighted by atomic mass is 9.84.